The molecule has 1 aromatic carbocycles. The summed E-state index contributed by atoms with van der Waals surface area (Å²) in [5, 5.41) is 2.84. The second-order valence-electron chi connectivity index (χ2n) is 6.73. The number of piperidine rings is 1. The monoisotopic (exact) mass is 351 g/mol. The number of amides is 2. The largest absolute Gasteiger partial charge is 0.383 e. The number of hydrogen-bond acceptors (Lipinski definition) is 3. The molecule has 0 spiro atoms. The summed E-state index contributed by atoms with van der Waals surface area (Å²) in [6, 6.07) is 6.96. The van der Waals surface area contributed by atoms with E-state index < -0.39 is 0 Å². The van der Waals surface area contributed by atoms with Gasteiger partial charge in [-0.25, -0.2) is 9.18 Å². The molecule has 0 saturated carbocycles. The number of benzene rings is 1. The Hall–Kier alpha value is -1.66. The summed E-state index contributed by atoms with van der Waals surface area (Å²) in [6.07, 6.45) is 2.90. The quantitative estimate of drug-likeness (QED) is 0.732. The van der Waals surface area contributed by atoms with Crippen LogP contribution in [-0.4, -0.2) is 69.3 Å². The first-order valence-corrected chi connectivity index (χ1v) is 9.03. The van der Waals surface area contributed by atoms with Gasteiger partial charge in [0.15, 0.2) is 0 Å². The number of ether oxygens (including phenoxy) is 1. The van der Waals surface area contributed by atoms with E-state index in [1.54, 1.807) is 18.1 Å². The van der Waals surface area contributed by atoms with Crippen LogP contribution in [0.4, 0.5) is 9.18 Å². The third kappa shape index (κ3) is 6.63. The fourth-order valence-corrected chi connectivity index (χ4v) is 3.24. The van der Waals surface area contributed by atoms with Crippen molar-refractivity contribution in [2.24, 2.45) is 5.92 Å². The first kappa shape index (κ1) is 19.7. The first-order valence-electron chi connectivity index (χ1n) is 9.03. The minimum absolute atomic E-state index is 0.0426. The molecule has 6 heteroatoms. The van der Waals surface area contributed by atoms with Crippen molar-refractivity contribution in [2.45, 2.75) is 19.3 Å². The van der Waals surface area contributed by atoms with Crippen LogP contribution < -0.4 is 5.32 Å². The summed E-state index contributed by atoms with van der Waals surface area (Å²) in [5.41, 5.74) is 0.789. The number of nitrogens with one attached hydrogen (secondary N) is 1. The molecule has 0 atom stereocenters. The molecule has 2 amide bonds. The van der Waals surface area contributed by atoms with Crippen molar-refractivity contribution in [3.8, 4) is 0 Å². The number of hydrogen-bond donors (Lipinski definition) is 1. The molecule has 2 rings (SSSR count). The molecule has 0 radical (unpaired) electrons. The fraction of sp³-hybridized carbons (Fsp3) is 0.632. The van der Waals surface area contributed by atoms with Gasteiger partial charge < -0.3 is 19.9 Å². The molecule has 1 aliphatic rings. The normalized spacial score (nSPS) is 16.0. The lowest BCUT2D eigenvalue weighted by molar-refractivity contribution is 0.152. The Balaban J connectivity index is 1.65. The van der Waals surface area contributed by atoms with Gasteiger partial charge in [0.05, 0.1) is 6.61 Å². The van der Waals surface area contributed by atoms with Gasteiger partial charge in [-0.05, 0) is 49.9 Å². The van der Waals surface area contributed by atoms with Gasteiger partial charge in [0.25, 0.3) is 0 Å². The second kappa shape index (κ2) is 10.4. The fourth-order valence-electron chi connectivity index (χ4n) is 3.24. The summed E-state index contributed by atoms with van der Waals surface area (Å²) in [7, 11) is 3.46. The molecule has 1 heterocycles. The van der Waals surface area contributed by atoms with Crippen molar-refractivity contribution in [1.29, 1.82) is 0 Å². The maximum atomic E-state index is 13.7. The number of nitrogens with zero attached hydrogens (tertiary/aromatic N) is 2. The van der Waals surface area contributed by atoms with E-state index in [0.29, 0.717) is 19.1 Å². The molecule has 1 fully saturated rings. The van der Waals surface area contributed by atoms with E-state index in [1.165, 1.54) is 6.07 Å². The van der Waals surface area contributed by atoms with Gasteiger partial charge in [0.2, 0.25) is 0 Å². The van der Waals surface area contributed by atoms with Gasteiger partial charge in [-0.2, -0.15) is 0 Å². The molecular formula is C19H30FN3O2. The molecule has 1 N–H and O–H groups in total. The van der Waals surface area contributed by atoms with Crippen molar-refractivity contribution in [1.82, 2.24) is 15.1 Å². The molecule has 0 aromatic heterocycles. The number of methoxy groups -OCH3 is 1. The molecule has 0 bridgehead atoms. The van der Waals surface area contributed by atoms with Crippen LogP contribution in [0.1, 0.15) is 18.4 Å². The summed E-state index contributed by atoms with van der Waals surface area (Å²) in [6.45, 7) is 4.76. The Bertz CT molecular complexity index is 533. The van der Waals surface area contributed by atoms with Gasteiger partial charge in [-0.15, -0.1) is 0 Å². The summed E-state index contributed by atoms with van der Waals surface area (Å²) < 4.78 is 18.6. The van der Waals surface area contributed by atoms with Crippen LogP contribution >= 0.6 is 0 Å². The Morgan fingerprint density at radius 1 is 1.36 bits per heavy atom. The third-order valence-corrected chi connectivity index (χ3v) is 4.82. The lowest BCUT2D eigenvalue weighted by Crippen LogP contribution is -2.43. The highest BCUT2D eigenvalue weighted by Gasteiger charge is 2.22. The highest BCUT2D eigenvalue weighted by molar-refractivity contribution is 5.73. The van der Waals surface area contributed by atoms with Crippen LogP contribution in [0.3, 0.4) is 0 Å². The van der Waals surface area contributed by atoms with Crippen molar-refractivity contribution >= 4 is 6.03 Å². The molecule has 0 aliphatic carbocycles. The van der Waals surface area contributed by atoms with E-state index in [0.717, 1.165) is 51.0 Å². The van der Waals surface area contributed by atoms with Crippen molar-refractivity contribution in [3.05, 3.63) is 35.6 Å². The molecule has 0 unspecified atom stereocenters. The number of urea groups is 1. The average molecular weight is 351 g/mol. The number of rotatable bonds is 8. The van der Waals surface area contributed by atoms with Crippen LogP contribution in [0.2, 0.25) is 0 Å². The number of carbonyl (C=O) groups is 1. The van der Waals surface area contributed by atoms with Crippen LogP contribution in [0.15, 0.2) is 24.3 Å². The Morgan fingerprint density at radius 3 is 2.76 bits per heavy atom. The van der Waals surface area contributed by atoms with Crippen molar-refractivity contribution < 1.29 is 13.9 Å². The summed E-state index contributed by atoms with van der Waals surface area (Å²) in [4.78, 5) is 16.1. The zero-order valence-corrected chi connectivity index (χ0v) is 15.3. The Morgan fingerprint density at radius 2 is 2.08 bits per heavy atom. The zero-order valence-electron chi connectivity index (χ0n) is 15.3. The smallest absolute Gasteiger partial charge is 0.317 e. The summed E-state index contributed by atoms with van der Waals surface area (Å²) >= 11 is 0. The third-order valence-electron chi connectivity index (χ3n) is 4.82. The maximum Gasteiger partial charge on any atom is 0.317 e. The van der Waals surface area contributed by atoms with Crippen molar-refractivity contribution in [2.75, 3.05) is 53.5 Å². The Labute approximate surface area is 150 Å². The van der Waals surface area contributed by atoms with Gasteiger partial charge in [0.1, 0.15) is 5.82 Å². The summed E-state index contributed by atoms with van der Waals surface area (Å²) in [5.74, 6) is 0.418. The molecule has 5 nitrogen and oxygen atoms in total. The Kier molecular flexibility index (Phi) is 8.15. The minimum atomic E-state index is -0.113. The maximum absolute atomic E-state index is 13.7. The molecule has 140 valence electrons. The lowest BCUT2D eigenvalue weighted by Gasteiger charge is -2.34. The van der Waals surface area contributed by atoms with E-state index >= 15 is 0 Å². The van der Waals surface area contributed by atoms with Crippen LogP contribution in [0, 0.1) is 11.7 Å². The van der Waals surface area contributed by atoms with Gasteiger partial charge in [0, 0.05) is 33.8 Å². The van der Waals surface area contributed by atoms with E-state index in [-0.39, 0.29) is 11.8 Å². The average Bonchev–Trinajstić information content (AvgIpc) is 2.62. The molecule has 1 saturated heterocycles. The van der Waals surface area contributed by atoms with Crippen molar-refractivity contribution in [3.63, 3.8) is 0 Å². The molecule has 1 aliphatic heterocycles. The van der Waals surface area contributed by atoms with Gasteiger partial charge >= 0.3 is 6.03 Å². The standard InChI is InChI=1S/C19H30FN3O2/c1-22(19(24)21-10-14-25-2)15-16-7-11-23(12-8-16)13-9-17-5-3-4-6-18(17)20/h3-6,16H,7-15H2,1-2H3,(H,21,24). The highest BCUT2D eigenvalue weighted by atomic mass is 19.1. The predicted octanol–water partition coefficient (Wildman–Crippen LogP) is 2.37. The van der Waals surface area contributed by atoms with E-state index in [9.17, 15) is 9.18 Å². The van der Waals surface area contributed by atoms with Gasteiger partial charge in [-0.3, -0.25) is 0 Å². The SMILES string of the molecule is COCCNC(=O)N(C)CC1CCN(CCc2ccccc2F)CC1. The van der Waals surface area contributed by atoms with E-state index in [2.05, 4.69) is 10.2 Å². The second-order valence-corrected chi connectivity index (χ2v) is 6.73. The molecular weight excluding hydrogens is 321 g/mol. The van der Waals surface area contributed by atoms with Gasteiger partial charge in [-0.1, -0.05) is 18.2 Å². The molecule has 1 aromatic rings. The molecule has 25 heavy (non-hydrogen) atoms. The number of carbonyl (C=O) groups excluding carboxylic acids is 1. The van der Waals surface area contributed by atoms with E-state index in [4.69, 9.17) is 4.74 Å². The zero-order chi connectivity index (χ0) is 18.1. The topological polar surface area (TPSA) is 44.8 Å². The van der Waals surface area contributed by atoms with Crippen LogP contribution in [0.5, 0.6) is 0 Å². The first-order chi connectivity index (χ1) is 12.1. The lowest BCUT2D eigenvalue weighted by atomic mass is 9.96. The highest BCUT2D eigenvalue weighted by Crippen LogP contribution is 2.19. The van der Waals surface area contributed by atoms with E-state index in [1.807, 2.05) is 19.2 Å². The van der Waals surface area contributed by atoms with Crippen LogP contribution in [0.25, 0.3) is 0 Å². The number of halogens is 1. The number of likely N-dealkylation sites (tertiary alicyclic amines) is 1. The minimum Gasteiger partial charge on any atom is -0.383 e. The van der Waals surface area contributed by atoms with Crippen LogP contribution in [-0.2, 0) is 11.2 Å². The predicted molar refractivity (Wildman–Crippen MR) is 97.2 cm³/mol.